The first-order chi connectivity index (χ1) is 17.6. The monoisotopic (exact) mass is 486 g/mol. The molecule has 0 aromatic heterocycles. The van der Waals surface area contributed by atoms with Crippen molar-refractivity contribution in [3.05, 3.63) is 89.5 Å². The molecule has 0 spiro atoms. The lowest BCUT2D eigenvalue weighted by Gasteiger charge is -2.24. The number of nitrogens with one attached hydrogen (secondary N) is 1. The van der Waals surface area contributed by atoms with Crippen molar-refractivity contribution in [3.63, 3.8) is 0 Å². The van der Waals surface area contributed by atoms with Crippen molar-refractivity contribution in [2.75, 3.05) is 38.7 Å². The topological polar surface area (TPSA) is 44.7 Å². The van der Waals surface area contributed by atoms with Crippen LogP contribution in [-0.2, 0) is 12.8 Å². The van der Waals surface area contributed by atoms with Gasteiger partial charge in [0, 0.05) is 24.8 Å². The van der Waals surface area contributed by atoms with Crippen LogP contribution in [0.4, 0.5) is 5.69 Å². The Bertz CT molecular complexity index is 1040. The average Bonchev–Trinajstić information content (AvgIpc) is 3.17. The fraction of sp³-hybridized carbons (Fsp3) is 0.375. The van der Waals surface area contributed by atoms with Gasteiger partial charge in [-0.15, -0.1) is 12.8 Å². The van der Waals surface area contributed by atoms with Crippen molar-refractivity contribution >= 4 is 5.69 Å². The van der Waals surface area contributed by atoms with E-state index in [1.54, 1.807) is 13.2 Å². The lowest BCUT2D eigenvalue weighted by Crippen LogP contribution is -2.24. The number of rotatable bonds is 8. The van der Waals surface area contributed by atoms with E-state index < -0.39 is 0 Å². The van der Waals surface area contributed by atoms with Crippen LogP contribution in [0.2, 0.25) is 0 Å². The maximum Gasteiger partial charge on any atom is 0.120 e. The number of phenolic OH excluding ortho intramolecular Hbond substituents is 1. The first-order valence-electron chi connectivity index (χ1n) is 12.9. The SMILES string of the molecule is C#C.CCN(CC1=CC=CC(CCNC)C=C1)c1cccc(OC)c1.Oc1ccc2c(c1)CCCC2. The molecule has 4 rings (SSSR count). The van der Waals surface area contributed by atoms with E-state index in [1.165, 1.54) is 41.6 Å². The predicted octanol–water partition coefficient (Wildman–Crippen LogP) is 6.32. The average molecular weight is 487 g/mol. The van der Waals surface area contributed by atoms with Crippen LogP contribution >= 0.6 is 0 Å². The molecule has 2 aromatic rings. The predicted molar refractivity (Wildman–Crippen MR) is 154 cm³/mol. The Morgan fingerprint density at radius 3 is 2.56 bits per heavy atom. The van der Waals surface area contributed by atoms with E-state index in [-0.39, 0.29) is 0 Å². The van der Waals surface area contributed by atoms with Crippen LogP contribution < -0.4 is 15.0 Å². The Labute approximate surface area is 218 Å². The lowest BCUT2D eigenvalue weighted by atomic mass is 9.92. The number of anilines is 1. The van der Waals surface area contributed by atoms with Gasteiger partial charge in [0.25, 0.3) is 0 Å². The van der Waals surface area contributed by atoms with Crippen molar-refractivity contribution in [2.45, 2.75) is 39.0 Å². The van der Waals surface area contributed by atoms with Gasteiger partial charge in [-0.05, 0) is 99.5 Å². The number of nitrogens with zero attached hydrogens (tertiary/aromatic N) is 1. The zero-order chi connectivity index (χ0) is 26.2. The number of benzene rings is 2. The quantitative estimate of drug-likeness (QED) is 0.429. The second-order valence-electron chi connectivity index (χ2n) is 8.92. The highest BCUT2D eigenvalue weighted by Gasteiger charge is 2.10. The summed E-state index contributed by atoms with van der Waals surface area (Å²) < 4.78 is 5.34. The number of phenols is 1. The first kappa shape index (κ1) is 28.8. The zero-order valence-corrected chi connectivity index (χ0v) is 22.1. The molecule has 36 heavy (non-hydrogen) atoms. The molecule has 0 radical (unpaired) electrons. The molecule has 0 heterocycles. The molecular formula is C32H42N2O2. The number of methoxy groups -OCH3 is 1. The summed E-state index contributed by atoms with van der Waals surface area (Å²) in [6.07, 6.45) is 25.3. The van der Waals surface area contributed by atoms with Crippen LogP contribution in [0.15, 0.2) is 78.4 Å². The second kappa shape index (κ2) is 16.3. The minimum Gasteiger partial charge on any atom is -0.508 e. The normalized spacial score (nSPS) is 15.7. The van der Waals surface area contributed by atoms with E-state index in [0.29, 0.717) is 11.7 Å². The Morgan fingerprint density at radius 1 is 1.06 bits per heavy atom. The third-order valence-electron chi connectivity index (χ3n) is 6.46. The fourth-order valence-corrected chi connectivity index (χ4v) is 4.43. The van der Waals surface area contributed by atoms with Gasteiger partial charge in [0.2, 0.25) is 0 Å². The molecule has 2 aliphatic rings. The van der Waals surface area contributed by atoms with Crippen molar-refractivity contribution in [1.82, 2.24) is 5.32 Å². The molecule has 4 nitrogen and oxygen atoms in total. The van der Waals surface area contributed by atoms with Crippen LogP contribution in [0, 0.1) is 18.8 Å². The number of ether oxygens (including phenoxy) is 1. The molecule has 0 aliphatic heterocycles. The van der Waals surface area contributed by atoms with Crippen molar-refractivity contribution in [2.24, 2.45) is 5.92 Å². The number of aryl methyl sites for hydroxylation is 2. The second-order valence-corrected chi connectivity index (χ2v) is 8.92. The first-order valence-corrected chi connectivity index (χ1v) is 12.9. The van der Waals surface area contributed by atoms with Gasteiger partial charge >= 0.3 is 0 Å². The Balaban J connectivity index is 0.000000291. The highest BCUT2D eigenvalue weighted by molar-refractivity contribution is 5.52. The molecule has 2 N–H and O–H groups in total. The Hall–Kier alpha value is -3.42. The van der Waals surface area contributed by atoms with Gasteiger partial charge in [-0.2, -0.15) is 0 Å². The number of allylic oxidation sites excluding steroid dienone is 4. The number of hydrogen-bond acceptors (Lipinski definition) is 4. The summed E-state index contributed by atoms with van der Waals surface area (Å²) in [6.45, 7) is 5.10. The van der Waals surface area contributed by atoms with Gasteiger partial charge in [0.15, 0.2) is 0 Å². The Morgan fingerprint density at radius 2 is 1.83 bits per heavy atom. The van der Waals surface area contributed by atoms with E-state index >= 15 is 0 Å². The van der Waals surface area contributed by atoms with Crippen LogP contribution in [0.3, 0.4) is 0 Å². The Kier molecular flexibility index (Phi) is 13.0. The summed E-state index contributed by atoms with van der Waals surface area (Å²) in [7, 11) is 3.71. The van der Waals surface area contributed by atoms with Gasteiger partial charge in [-0.1, -0.05) is 42.5 Å². The number of fused-ring (bicyclic) bond motifs is 1. The molecule has 1 unspecified atom stereocenters. The maximum absolute atomic E-state index is 9.19. The van der Waals surface area contributed by atoms with Crippen LogP contribution in [0.25, 0.3) is 0 Å². The van der Waals surface area contributed by atoms with E-state index in [2.05, 4.69) is 72.5 Å². The lowest BCUT2D eigenvalue weighted by molar-refractivity contribution is 0.415. The maximum atomic E-state index is 9.19. The van der Waals surface area contributed by atoms with Crippen molar-refractivity contribution in [3.8, 4) is 24.3 Å². The molecule has 0 bridgehead atoms. The number of likely N-dealkylation sites (N-methyl/N-ethyl adjacent to an activating group) is 1. The van der Waals surface area contributed by atoms with E-state index in [0.717, 1.165) is 38.2 Å². The van der Waals surface area contributed by atoms with Gasteiger partial charge in [-0.25, -0.2) is 0 Å². The summed E-state index contributed by atoms with van der Waals surface area (Å²) >= 11 is 0. The van der Waals surface area contributed by atoms with Crippen molar-refractivity contribution < 1.29 is 9.84 Å². The van der Waals surface area contributed by atoms with Gasteiger partial charge in [-0.3, -0.25) is 0 Å². The van der Waals surface area contributed by atoms with Gasteiger partial charge in [0.05, 0.1) is 7.11 Å². The van der Waals surface area contributed by atoms with Crippen LogP contribution in [-0.4, -0.2) is 38.9 Å². The molecule has 2 aromatic carbocycles. The molecule has 1 atom stereocenters. The molecule has 0 fully saturated rings. The van der Waals surface area contributed by atoms with E-state index in [9.17, 15) is 5.11 Å². The molecule has 0 saturated heterocycles. The molecule has 4 heteroatoms. The minimum atomic E-state index is 0.408. The molecule has 0 amide bonds. The summed E-state index contributed by atoms with van der Waals surface area (Å²) in [5.74, 6) is 1.83. The van der Waals surface area contributed by atoms with Gasteiger partial charge < -0.3 is 20.1 Å². The summed E-state index contributed by atoms with van der Waals surface area (Å²) in [5.41, 5.74) is 5.30. The molecule has 0 saturated carbocycles. The molecule has 192 valence electrons. The molecular weight excluding hydrogens is 444 g/mol. The van der Waals surface area contributed by atoms with Gasteiger partial charge in [0.1, 0.15) is 11.5 Å². The fourth-order valence-electron chi connectivity index (χ4n) is 4.43. The number of aromatic hydroxyl groups is 1. The van der Waals surface area contributed by atoms with E-state index in [1.807, 2.05) is 31.3 Å². The number of terminal acetylenes is 1. The smallest absolute Gasteiger partial charge is 0.120 e. The highest BCUT2D eigenvalue weighted by Crippen LogP contribution is 2.25. The summed E-state index contributed by atoms with van der Waals surface area (Å²) in [4.78, 5) is 2.36. The minimum absolute atomic E-state index is 0.408. The highest BCUT2D eigenvalue weighted by atomic mass is 16.5. The largest absolute Gasteiger partial charge is 0.508 e. The van der Waals surface area contributed by atoms with Crippen molar-refractivity contribution in [1.29, 1.82) is 0 Å². The summed E-state index contributed by atoms with van der Waals surface area (Å²) in [6, 6.07) is 14.0. The summed E-state index contributed by atoms with van der Waals surface area (Å²) in [5, 5.41) is 12.4. The molecule has 2 aliphatic carbocycles. The zero-order valence-electron chi connectivity index (χ0n) is 22.1. The third kappa shape index (κ3) is 9.32. The third-order valence-corrected chi connectivity index (χ3v) is 6.46. The van der Waals surface area contributed by atoms with E-state index in [4.69, 9.17) is 4.74 Å². The standard InChI is InChI=1S/C20H28N2O.C10H12O.C2H2/c1-4-22(19-9-6-10-20(15-19)23-3)16-18-8-5-7-17(11-12-18)13-14-21-2;11-10-6-5-8-3-1-2-4-9(8)7-10;1-2/h5-12,15,17,21H,4,13-14,16H2,1-3H3;5-7,11H,1-4H2;1-2H. The van der Waals surface area contributed by atoms with Crippen LogP contribution in [0.1, 0.15) is 37.3 Å². The van der Waals surface area contributed by atoms with Crippen LogP contribution in [0.5, 0.6) is 11.5 Å². The number of hydrogen-bond donors (Lipinski definition) is 2.